The van der Waals surface area contributed by atoms with Crippen LogP contribution in [0.3, 0.4) is 0 Å². The molecule has 1 heterocycles. The molecule has 0 aliphatic carbocycles. The molecule has 0 unspecified atom stereocenters. The Morgan fingerprint density at radius 2 is 1.65 bits per heavy atom. The topological polar surface area (TPSA) is 43.7 Å². The number of nitrogens with zero attached hydrogens (tertiary/aromatic N) is 1. The van der Waals surface area contributed by atoms with Crippen molar-refractivity contribution in [2.24, 2.45) is 0 Å². The van der Waals surface area contributed by atoms with Gasteiger partial charge in [0.15, 0.2) is 0 Å². The van der Waals surface area contributed by atoms with Crippen LogP contribution in [0.5, 0.6) is 11.5 Å². The highest BCUT2D eigenvalue weighted by Gasteiger charge is 2.23. The summed E-state index contributed by atoms with van der Waals surface area (Å²) in [7, 11) is 0. The minimum absolute atomic E-state index is 0.234. The second-order valence-corrected chi connectivity index (χ2v) is 4.61. The van der Waals surface area contributed by atoms with Gasteiger partial charge in [-0.2, -0.15) is 0 Å². The van der Waals surface area contributed by atoms with Gasteiger partial charge in [-0.1, -0.05) is 12.7 Å². The molecule has 1 aliphatic heterocycles. The number of aromatic hydroxyl groups is 2. The zero-order chi connectivity index (χ0) is 12.6. The highest BCUT2D eigenvalue weighted by molar-refractivity contribution is 5.77. The first kappa shape index (κ1) is 11.8. The molecule has 3 heteroatoms. The van der Waals surface area contributed by atoms with Gasteiger partial charge in [0.05, 0.1) is 5.69 Å². The van der Waals surface area contributed by atoms with Gasteiger partial charge >= 0.3 is 0 Å². The Balaban J connectivity index is 2.63. The van der Waals surface area contributed by atoms with Crippen LogP contribution in [-0.4, -0.2) is 23.3 Å². The Hall–Kier alpha value is -1.64. The monoisotopic (exact) mass is 233 g/mol. The number of hydrogen-bond acceptors (Lipinski definition) is 3. The van der Waals surface area contributed by atoms with E-state index in [1.807, 2.05) is 13.8 Å². The van der Waals surface area contributed by atoms with Gasteiger partial charge in [-0.05, 0) is 26.7 Å². The smallest absolute Gasteiger partial charge is 0.142 e. The van der Waals surface area contributed by atoms with Crippen molar-refractivity contribution in [1.29, 1.82) is 0 Å². The van der Waals surface area contributed by atoms with Crippen LogP contribution in [0.2, 0.25) is 0 Å². The number of benzene rings is 1. The van der Waals surface area contributed by atoms with E-state index < -0.39 is 0 Å². The molecule has 1 saturated heterocycles. The van der Waals surface area contributed by atoms with Gasteiger partial charge in [0.25, 0.3) is 0 Å². The highest BCUT2D eigenvalue weighted by atomic mass is 16.3. The van der Waals surface area contributed by atoms with E-state index in [2.05, 4.69) is 11.5 Å². The Morgan fingerprint density at radius 1 is 1.06 bits per heavy atom. The zero-order valence-electron chi connectivity index (χ0n) is 10.5. The van der Waals surface area contributed by atoms with Gasteiger partial charge < -0.3 is 15.1 Å². The van der Waals surface area contributed by atoms with E-state index in [0.29, 0.717) is 11.1 Å². The maximum Gasteiger partial charge on any atom is 0.142 e. The van der Waals surface area contributed by atoms with Crippen molar-refractivity contribution in [2.45, 2.75) is 26.7 Å². The predicted molar refractivity (Wildman–Crippen MR) is 70.8 cm³/mol. The van der Waals surface area contributed by atoms with Crippen LogP contribution in [0.15, 0.2) is 6.58 Å². The Morgan fingerprint density at radius 3 is 2.18 bits per heavy atom. The molecule has 0 bridgehead atoms. The molecule has 1 aliphatic rings. The summed E-state index contributed by atoms with van der Waals surface area (Å²) in [5, 5.41) is 20.4. The first-order valence-corrected chi connectivity index (χ1v) is 6.00. The summed E-state index contributed by atoms with van der Waals surface area (Å²) in [6.07, 6.45) is 3.87. The third-order valence-electron chi connectivity index (χ3n) is 3.58. The molecule has 17 heavy (non-hydrogen) atoms. The summed E-state index contributed by atoms with van der Waals surface area (Å²) in [6, 6.07) is 0. The lowest BCUT2D eigenvalue weighted by atomic mass is 9.99. The van der Waals surface area contributed by atoms with Crippen molar-refractivity contribution < 1.29 is 10.2 Å². The van der Waals surface area contributed by atoms with Gasteiger partial charge in [-0.15, -0.1) is 0 Å². The van der Waals surface area contributed by atoms with E-state index in [4.69, 9.17) is 0 Å². The predicted octanol–water partition coefficient (Wildman–Crippen LogP) is 2.96. The summed E-state index contributed by atoms with van der Waals surface area (Å²) in [6.45, 7) is 9.22. The average molecular weight is 233 g/mol. The fraction of sp³-hybridized carbons (Fsp3) is 0.429. The molecule has 1 aromatic rings. The second kappa shape index (κ2) is 4.32. The molecule has 3 nitrogen and oxygen atoms in total. The van der Waals surface area contributed by atoms with Crippen LogP contribution in [0.25, 0.3) is 6.08 Å². The molecule has 2 N–H and O–H groups in total. The quantitative estimate of drug-likeness (QED) is 0.772. The van der Waals surface area contributed by atoms with Crippen molar-refractivity contribution >= 4 is 11.8 Å². The lowest BCUT2D eigenvalue weighted by Crippen LogP contribution is -2.19. The molecule has 0 radical (unpaired) electrons. The van der Waals surface area contributed by atoms with Crippen molar-refractivity contribution in [3.63, 3.8) is 0 Å². The van der Waals surface area contributed by atoms with Gasteiger partial charge in [-0.25, -0.2) is 0 Å². The Labute approximate surface area is 102 Å². The number of hydrogen-bond donors (Lipinski definition) is 2. The van der Waals surface area contributed by atoms with Crippen LogP contribution >= 0.6 is 0 Å². The van der Waals surface area contributed by atoms with E-state index >= 15 is 0 Å². The molecule has 0 saturated carbocycles. The zero-order valence-corrected chi connectivity index (χ0v) is 10.5. The lowest BCUT2D eigenvalue weighted by Gasteiger charge is -2.24. The van der Waals surface area contributed by atoms with Gasteiger partial charge in [0, 0.05) is 29.8 Å². The van der Waals surface area contributed by atoms with Crippen molar-refractivity contribution in [3.05, 3.63) is 23.3 Å². The van der Waals surface area contributed by atoms with E-state index in [0.717, 1.165) is 37.2 Å². The molecule has 0 amide bonds. The third kappa shape index (κ3) is 1.75. The molecule has 1 aromatic carbocycles. The molecule has 92 valence electrons. The summed E-state index contributed by atoms with van der Waals surface area (Å²) in [5.41, 5.74) is 2.85. The standard InChI is InChI=1S/C14H19NO2/c1-4-11-9(2)14(17)12(10(3)13(11)16)15-7-5-6-8-15/h4,16-17H,1,5-8H2,2-3H3. The SMILES string of the molecule is C=Cc1c(C)c(O)c(N2CCCC2)c(C)c1O. The number of anilines is 1. The molecular weight excluding hydrogens is 214 g/mol. The normalized spacial score (nSPS) is 15.3. The van der Waals surface area contributed by atoms with E-state index in [-0.39, 0.29) is 11.5 Å². The Kier molecular flexibility index (Phi) is 3.01. The van der Waals surface area contributed by atoms with Gasteiger partial charge in [0.2, 0.25) is 0 Å². The van der Waals surface area contributed by atoms with Gasteiger partial charge in [-0.3, -0.25) is 0 Å². The summed E-state index contributed by atoms with van der Waals surface area (Å²) < 4.78 is 0. The maximum absolute atomic E-state index is 10.3. The minimum Gasteiger partial charge on any atom is -0.507 e. The van der Waals surface area contributed by atoms with Crippen molar-refractivity contribution in [3.8, 4) is 11.5 Å². The Bertz CT molecular complexity index is 431. The van der Waals surface area contributed by atoms with Crippen LogP contribution in [-0.2, 0) is 0 Å². The van der Waals surface area contributed by atoms with Crippen molar-refractivity contribution in [2.75, 3.05) is 18.0 Å². The molecule has 1 fully saturated rings. The van der Waals surface area contributed by atoms with E-state index in [9.17, 15) is 10.2 Å². The number of phenolic OH excluding ortho intramolecular Hbond substituents is 2. The summed E-state index contributed by atoms with van der Waals surface area (Å²) in [5.74, 6) is 0.509. The first-order valence-electron chi connectivity index (χ1n) is 6.00. The van der Waals surface area contributed by atoms with Crippen LogP contribution < -0.4 is 4.90 Å². The third-order valence-corrected chi connectivity index (χ3v) is 3.58. The second-order valence-electron chi connectivity index (χ2n) is 4.61. The van der Waals surface area contributed by atoms with E-state index in [1.165, 1.54) is 0 Å². The lowest BCUT2D eigenvalue weighted by molar-refractivity contribution is 0.452. The average Bonchev–Trinajstić information content (AvgIpc) is 2.81. The first-order chi connectivity index (χ1) is 8.07. The summed E-state index contributed by atoms with van der Waals surface area (Å²) in [4.78, 5) is 2.14. The van der Waals surface area contributed by atoms with Crippen molar-refractivity contribution in [1.82, 2.24) is 0 Å². The fourth-order valence-electron chi connectivity index (χ4n) is 2.55. The van der Waals surface area contributed by atoms with Crippen LogP contribution in [0.1, 0.15) is 29.5 Å². The molecule has 2 rings (SSSR count). The minimum atomic E-state index is 0.234. The molecule has 0 atom stereocenters. The largest absolute Gasteiger partial charge is 0.507 e. The van der Waals surface area contributed by atoms with Crippen LogP contribution in [0, 0.1) is 13.8 Å². The highest BCUT2D eigenvalue weighted by Crippen LogP contribution is 2.43. The maximum atomic E-state index is 10.3. The van der Waals surface area contributed by atoms with Crippen LogP contribution in [0.4, 0.5) is 5.69 Å². The van der Waals surface area contributed by atoms with E-state index in [1.54, 1.807) is 6.08 Å². The summed E-state index contributed by atoms with van der Waals surface area (Å²) >= 11 is 0. The number of phenols is 2. The molecular formula is C14H19NO2. The fourth-order valence-corrected chi connectivity index (χ4v) is 2.55. The molecule has 0 spiro atoms. The van der Waals surface area contributed by atoms with Gasteiger partial charge in [0.1, 0.15) is 11.5 Å². The number of rotatable bonds is 2. The molecule has 0 aromatic heterocycles.